The summed E-state index contributed by atoms with van der Waals surface area (Å²) in [7, 11) is 1.31. The molecule has 0 bridgehead atoms. The Bertz CT molecular complexity index is 935. The number of amides is 1. The van der Waals surface area contributed by atoms with Crippen molar-refractivity contribution in [3.63, 3.8) is 0 Å². The van der Waals surface area contributed by atoms with Crippen molar-refractivity contribution in [1.82, 2.24) is 10.3 Å². The standard InChI is InChI=1S/C20H19ClN2O3/c1-26-20(25)18(10-14-12-22-17-9-5-3-7-15(14)17)23-19(24)11-13-6-2-4-8-16(13)21/h2-9,12,18,22H,10-11H2,1H3,(H,23,24). The fourth-order valence-electron chi connectivity index (χ4n) is 2.92. The summed E-state index contributed by atoms with van der Waals surface area (Å²) in [5, 5.41) is 4.30. The number of hydrogen-bond acceptors (Lipinski definition) is 3. The molecule has 2 N–H and O–H groups in total. The first-order valence-corrected chi connectivity index (χ1v) is 8.62. The average Bonchev–Trinajstić information content (AvgIpc) is 3.05. The number of ether oxygens (including phenoxy) is 1. The minimum Gasteiger partial charge on any atom is -0.467 e. The topological polar surface area (TPSA) is 71.2 Å². The number of benzene rings is 2. The Morgan fingerprint density at radius 2 is 1.85 bits per heavy atom. The number of halogens is 1. The molecule has 1 amide bonds. The predicted octanol–water partition coefficient (Wildman–Crippen LogP) is 3.26. The fourth-order valence-corrected chi connectivity index (χ4v) is 3.12. The van der Waals surface area contributed by atoms with Crippen LogP contribution in [0.5, 0.6) is 0 Å². The van der Waals surface area contributed by atoms with Crippen molar-refractivity contribution in [3.05, 3.63) is 70.9 Å². The van der Waals surface area contributed by atoms with E-state index in [0.29, 0.717) is 17.0 Å². The normalized spacial score (nSPS) is 11.9. The van der Waals surface area contributed by atoms with Gasteiger partial charge < -0.3 is 15.0 Å². The van der Waals surface area contributed by atoms with Crippen LogP contribution in [-0.4, -0.2) is 30.0 Å². The van der Waals surface area contributed by atoms with E-state index >= 15 is 0 Å². The number of hydrogen-bond donors (Lipinski definition) is 2. The van der Waals surface area contributed by atoms with E-state index in [9.17, 15) is 9.59 Å². The van der Waals surface area contributed by atoms with E-state index < -0.39 is 12.0 Å². The van der Waals surface area contributed by atoms with Gasteiger partial charge in [0.2, 0.25) is 5.91 Å². The second kappa shape index (κ2) is 8.06. The highest BCUT2D eigenvalue weighted by molar-refractivity contribution is 6.31. The second-order valence-corrected chi connectivity index (χ2v) is 6.38. The fraction of sp³-hybridized carbons (Fsp3) is 0.200. The van der Waals surface area contributed by atoms with Gasteiger partial charge >= 0.3 is 5.97 Å². The Balaban J connectivity index is 1.75. The molecule has 3 rings (SSSR count). The molecule has 0 aliphatic carbocycles. The summed E-state index contributed by atoms with van der Waals surface area (Å²) in [5.74, 6) is -0.767. The first-order chi connectivity index (χ1) is 12.6. The molecule has 1 atom stereocenters. The van der Waals surface area contributed by atoms with Gasteiger partial charge in [-0.3, -0.25) is 4.79 Å². The van der Waals surface area contributed by atoms with E-state index in [-0.39, 0.29) is 12.3 Å². The molecule has 0 fully saturated rings. The Hall–Kier alpha value is -2.79. The molecule has 134 valence electrons. The molecule has 6 heteroatoms. The maximum Gasteiger partial charge on any atom is 0.328 e. The van der Waals surface area contributed by atoms with Crippen LogP contribution < -0.4 is 5.32 Å². The van der Waals surface area contributed by atoms with Crippen molar-refractivity contribution in [1.29, 1.82) is 0 Å². The predicted molar refractivity (Wildman–Crippen MR) is 101 cm³/mol. The van der Waals surface area contributed by atoms with Gasteiger partial charge in [0.1, 0.15) is 6.04 Å². The highest BCUT2D eigenvalue weighted by Crippen LogP contribution is 2.20. The molecular formula is C20H19ClN2O3. The van der Waals surface area contributed by atoms with E-state index in [0.717, 1.165) is 16.5 Å². The molecule has 0 aliphatic rings. The van der Waals surface area contributed by atoms with Crippen LogP contribution in [0.3, 0.4) is 0 Å². The number of aromatic nitrogens is 1. The van der Waals surface area contributed by atoms with E-state index in [2.05, 4.69) is 10.3 Å². The molecule has 2 aromatic carbocycles. The first-order valence-electron chi connectivity index (χ1n) is 8.24. The maximum atomic E-state index is 12.4. The Kier molecular flexibility index (Phi) is 5.58. The van der Waals surface area contributed by atoms with E-state index in [1.807, 2.05) is 36.5 Å². The smallest absolute Gasteiger partial charge is 0.328 e. The lowest BCUT2D eigenvalue weighted by Gasteiger charge is -2.16. The third-order valence-electron chi connectivity index (χ3n) is 4.23. The van der Waals surface area contributed by atoms with Crippen molar-refractivity contribution in [2.45, 2.75) is 18.9 Å². The van der Waals surface area contributed by atoms with Crippen molar-refractivity contribution in [2.24, 2.45) is 0 Å². The Morgan fingerprint density at radius 1 is 1.12 bits per heavy atom. The lowest BCUT2D eigenvalue weighted by atomic mass is 10.0. The molecule has 1 unspecified atom stereocenters. The number of carbonyl (C=O) groups excluding carboxylic acids is 2. The molecule has 5 nitrogen and oxygen atoms in total. The minimum atomic E-state index is -0.769. The van der Waals surface area contributed by atoms with Gasteiger partial charge in [0.15, 0.2) is 0 Å². The van der Waals surface area contributed by atoms with Crippen molar-refractivity contribution in [2.75, 3.05) is 7.11 Å². The van der Waals surface area contributed by atoms with Crippen LogP contribution >= 0.6 is 11.6 Å². The third kappa shape index (κ3) is 4.06. The summed E-state index contributed by atoms with van der Waals surface area (Å²) >= 11 is 6.10. The zero-order valence-electron chi connectivity index (χ0n) is 14.3. The van der Waals surface area contributed by atoms with Gasteiger partial charge in [-0.15, -0.1) is 0 Å². The number of H-pyrrole nitrogens is 1. The number of methoxy groups -OCH3 is 1. The van der Waals surface area contributed by atoms with Gasteiger partial charge in [-0.1, -0.05) is 48.0 Å². The van der Waals surface area contributed by atoms with Crippen molar-refractivity contribution in [3.8, 4) is 0 Å². The number of nitrogens with one attached hydrogen (secondary N) is 2. The number of para-hydroxylation sites is 1. The van der Waals surface area contributed by atoms with Crippen molar-refractivity contribution < 1.29 is 14.3 Å². The number of rotatable bonds is 6. The van der Waals surface area contributed by atoms with Gasteiger partial charge in [0.05, 0.1) is 13.5 Å². The Labute approximate surface area is 156 Å². The lowest BCUT2D eigenvalue weighted by Crippen LogP contribution is -2.43. The number of aromatic amines is 1. The number of carbonyl (C=O) groups is 2. The van der Waals surface area contributed by atoms with Crippen LogP contribution in [0.15, 0.2) is 54.7 Å². The molecule has 0 spiro atoms. The monoisotopic (exact) mass is 370 g/mol. The van der Waals surface area contributed by atoms with E-state index in [4.69, 9.17) is 16.3 Å². The van der Waals surface area contributed by atoms with Gasteiger partial charge in [-0.05, 0) is 23.3 Å². The SMILES string of the molecule is COC(=O)C(Cc1c[nH]c2ccccc12)NC(=O)Cc1ccccc1Cl. The highest BCUT2D eigenvalue weighted by Gasteiger charge is 2.23. The zero-order valence-corrected chi connectivity index (χ0v) is 15.0. The summed E-state index contributed by atoms with van der Waals surface area (Å²) in [6, 6.07) is 14.2. The maximum absolute atomic E-state index is 12.4. The summed E-state index contributed by atoms with van der Waals surface area (Å²) < 4.78 is 4.86. The quantitative estimate of drug-likeness (QED) is 0.654. The summed E-state index contributed by atoms with van der Waals surface area (Å²) in [6.07, 6.45) is 2.28. The average molecular weight is 371 g/mol. The lowest BCUT2D eigenvalue weighted by molar-refractivity contribution is -0.145. The molecule has 26 heavy (non-hydrogen) atoms. The van der Waals surface area contributed by atoms with Crippen LogP contribution in [0.1, 0.15) is 11.1 Å². The van der Waals surface area contributed by atoms with Crippen LogP contribution in [0, 0.1) is 0 Å². The van der Waals surface area contributed by atoms with Gasteiger partial charge in [-0.2, -0.15) is 0 Å². The first kappa shape index (κ1) is 18.0. The van der Waals surface area contributed by atoms with E-state index in [1.54, 1.807) is 18.2 Å². The molecule has 0 radical (unpaired) electrons. The van der Waals surface area contributed by atoms with Crippen LogP contribution in [0.2, 0.25) is 5.02 Å². The van der Waals surface area contributed by atoms with Gasteiger partial charge in [0, 0.05) is 28.5 Å². The molecule has 0 saturated carbocycles. The van der Waals surface area contributed by atoms with E-state index in [1.165, 1.54) is 7.11 Å². The van der Waals surface area contributed by atoms with Crippen LogP contribution in [0.4, 0.5) is 0 Å². The van der Waals surface area contributed by atoms with Crippen molar-refractivity contribution >= 4 is 34.4 Å². The largest absolute Gasteiger partial charge is 0.467 e. The zero-order chi connectivity index (χ0) is 18.5. The third-order valence-corrected chi connectivity index (χ3v) is 4.60. The summed E-state index contributed by atoms with van der Waals surface area (Å²) in [5.41, 5.74) is 2.63. The van der Waals surface area contributed by atoms with Gasteiger partial charge in [0.25, 0.3) is 0 Å². The Morgan fingerprint density at radius 3 is 2.62 bits per heavy atom. The molecular weight excluding hydrogens is 352 g/mol. The second-order valence-electron chi connectivity index (χ2n) is 5.98. The van der Waals surface area contributed by atoms with Gasteiger partial charge in [-0.25, -0.2) is 4.79 Å². The number of fused-ring (bicyclic) bond motifs is 1. The number of esters is 1. The molecule has 0 aliphatic heterocycles. The summed E-state index contributed by atoms with van der Waals surface area (Å²) in [4.78, 5) is 27.7. The molecule has 0 saturated heterocycles. The van der Waals surface area contributed by atoms with Crippen LogP contribution in [-0.2, 0) is 27.2 Å². The molecule has 3 aromatic rings. The van der Waals surface area contributed by atoms with Crippen LogP contribution in [0.25, 0.3) is 10.9 Å². The summed E-state index contributed by atoms with van der Waals surface area (Å²) in [6.45, 7) is 0. The highest BCUT2D eigenvalue weighted by atomic mass is 35.5. The minimum absolute atomic E-state index is 0.0983. The molecule has 1 aromatic heterocycles. The molecule has 1 heterocycles.